The summed E-state index contributed by atoms with van der Waals surface area (Å²) in [5, 5.41) is 51.8. The molecule has 0 saturated carbocycles. The highest BCUT2D eigenvalue weighted by Crippen LogP contribution is 2.10. The summed E-state index contributed by atoms with van der Waals surface area (Å²) in [7, 11) is 0. The summed E-state index contributed by atoms with van der Waals surface area (Å²) in [6.45, 7) is 7.46. The van der Waals surface area contributed by atoms with Gasteiger partial charge in [-0.1, -0.05) is 154 Å². The second-order valence-electron chi connectivity index (χ2n) is 15.9. The molecule has 0 unspecified atom stereocenters. The fraction of sp³-hybridized carbons (Fsp3) is 1.00. The average molecular weight is 850 g/mol. The van der Waals surface area contributed by atoms with E-state index >= 15 is 0 Å². The van der Waals surface area contributed by atoms with Gasteiger partial charge in [0.1, 0.15) is 0 Å². The van der Waals surface area contributed by atoms with Crippen LogP contribution in [0, 0.1) is 0 Å². The summed E-state index contributed by atoms with van der Waals surface area (Å²) in [5.74, 6) is 0. The zero-order valence-electron chi connectivity index (χ0n) is 38.4. The molecule has 0 spiro atoms. The van der Waals surface area contributed by atoms with Gasteiger partial charge in [0.2, 0.25) is 0 Å². The molecule has 0 amide bonds. The number of hydrogen-bond donors (Lipinski definition) is 6. The number of ether oxygens (including phenoxy) is 3. The van der Waals surface area contributed by atoms with Gasteiger partial charge in [0.15, 0.2) is 0 Å². The molecule has 0 aliphatic carbocycles. The van der Waals surface area contributed by atoms with Crippen LogP contribution in [0.5, 0.6) is 0 Å². The molecule has 0 bridgehead atoms. The Morgan fingerprint density at radius 3 is 0.379 bits per heavy atom. The van der Waals surface area contributed by atoms with Crippen molar-refractivity contribution in [3.63, 3.8) is 0 Å². The van der Waals surface area contributed by atoms with Crippen molar-refractivity contribution in [3.8, 4) is 0 Å². The van der Waals surface area contributed by atoms with Gasteiger partial charge in [0.25, 0.3) is 0 Å². The summed E-state index contributed by atoms with van der Waals surface area (Å²) in [6, 6.07) is 0. The SMILES string of the molecule is OCCCCCCCCOCCCCCCCCO.OCCCCCCCCOCCCCCCCCO.OCCCCCCCCOCCCCCCCCO.[Al]. The lowest BCUT2D eigenvalue weighted by molar-refractivity contribution is 0.125. The fourth-order valence-corrected chi connectivity index (χ4v) is 6.44. The number of rotatable bonds is 48. The molecule has 0 heterocycles. The normalized spacial score (nSPS) is 10.9. The van der Waals surface area contributed by atoms with E-state index in [4.69, 9.17) is 44.8 Å². The van der Waals surface area contributed by atoms with Crippen LogP contribution in [0.3, 0.4) is 0 Å². The highest BCUT2D eigenvalue weighted by Gasteiger charge is 1.97. The van der Waals surface area contributed by atoms with Gasteiger partial charge in [-0.25, -0.2) is 0 Å². The lowest BCUT2D eigenvalue weighted by atomic mass is 10.1. The third-order valence-corrected chi connectivity index (χ3v) is 10.2. The first-order chi connectivity index (χ1) is 28.2. The van der Waals surface area contributed by atoms with E-state index in [9.17, 15) is 0 Å². The molecule has 0 aromatic rings. The first kappa shape index (κ1) is 64.8. The van der Waals surface area contributed by atoms with Crippen LogP contribution in [0.1, 0.15) is 231 Å². The van der Waals surface area contributed by atoms with Gasteiger partial charge in [-0.15, -0.1) is 0 Å². The van der Waals surface area contributed by atoms with E-state index in [-0.39, 0.29) is 17.4 Å². The van der Waals surface area contributed by atoms with Crippen LogP contribution in [0.25, 0.3) is 0 Å². The standard InChI is InChI=1S/3C16H34O3.Al/c3*17-13-9-5-1-3-7-11-15-19-16-12-8-4-2-6-10-14-18;/h3*17-18H,1-16H2;. The van der Waals surface area contributed by atoms with Crippen molar-refractivity contribution in [2.75, 3.05) is 79.3 Å². The third kappa shape index (κ3) is 73.7. The van der Waals surface area contributed by atoms with E-state index in [2.05, 4.69) is 0 Å². The quantitative estimate of drug-likeness (QED) is 0.0260. The van der Waals surface area contributed by atoms with E-state index < -0.39 is 0 Å². The van der Waals surface area contributed by atoms with Crippen LogP contribution in [0.4, 0.5) is 0 Å². The molecule has 351 valence electrons. The van der Waals surface area contributed by atoms with Crippen molar-refractivity contribution < 1.29 is 44.8 Å². The van der Waals surface area contributed by atoms with Crippen molar-refractivity contribution >= 4 is 17.4 Å². The molecular formula is C48H102AlO9. The van der Waals surface area contributed by atoms with E-state index in [1.54, 1.807) is 0 Å². The van der Waals surface area contributed by atoms with Crippen molar-refractivity contribution in [1.29, 1.82) is 0 Å². The first-order valence-corrected chi connectivity index (χ1v) is 24.6. The van der Waals surface area contributed by atoms with Crippen LogP contribution >= 0.6 is 0 Å². The molecule has 0 aliphatic heterocycles. The lowest BCUT2D eigenvalue weighted by Gasteiger charge is -2.04. The Hall–Kier alpha value is 0.172. The lowest BCUT2D eigenvalue weighted by Crippen LogP contribution is -1.97. The van der Waals surface area contributed by atoms with E-state index in [1.165, 1.54) is 154 Å². The minimum absolute atomic E-state index is 0. The number of hydrogen-bond acceptors (Lipinski definition) is 9. The summed E-state index contributed by atoms with van der Waals surface area (Å²) in [4.78, 5) is 0. The highest BCUT2D eigenvalue weighted by atomic mass is 27.0. The molecule has 0 rings (SSSR count). The molecule has 0 fully saturated rings. The van der Waals surface area contributed by atoms with Gasteiger partial charge in [0.05, 0.1) is 0 Å². The maximum atomic E-state index is 8.64. The maximum absolute atomic E-state index is 8.64. The van der Waals surface area contributed by atoms with E-state index in [0.717, 1.165) is 117 Å². The van der Waals surface area contributed by atoms with Crippen LogP contribution in [-0.2, 0) is 14.2 Å². The van der Waals surface area contributed by atoms with Gasteiger partial charge >= 0.3 is 0 Å². The highest BCUT2D eigenvalue weighted by molar-refractivity contribution is 5.75. The van der Waals surface area contributed by atoms with E-state index in [1.807, 2.05) is 0 Å². The number of aliphatic hydroxyl groups is 6. The molecule has 0 aromatic carbocycles. The third-order valence-electron chi connectivity index (χ3n) is 10.2. The monoisotopic (exact) mass is 850 g/mol. The topological polar surface area (TPSA) is 149 Å². The minimum atomic E-state index is 0. The van der Waals surface area contributed by atoms with Crippen LogP contribution in [-0.4, -0.2) is 127 Å². The van der Waals surface area contributed by atoms with Crippen molar-refractivity contribution in [1.82, 2.24) is 0 Å². The molecule has 3 radical (unpaired) electrons. The van der Waals surface area contributed by atoms with Crippen molar-refractivity contribution in [2.45, 2.75) is 231 Å². The predicted molar refractivity (Wildman–Crippen MR) is 247 cm³/mol. The van der Waals surface area contributed by atoms with Gasteiger partial charge in [-0.3, -0.25) is 0 Å². The second kappa shape index (κ2) is 68.9. The predicted octanol–water partition coefficient (Wildman–Crippen LogP) is 10.6. The molecule has 0 atom stereocenters. The Bertz CT molecular complexity index is 493. The smallest absolute Gasteiger partial charge is 0.0466 e. The molecular weight excluding hydrogens is 748 g/mol. The van der Waals surface area contributed by atoms with Crippen LogP contribution in [0.15, 0.2) is 0 Å². The second-order valence-corrected chi connectivity index (χ2v) is 15.9. The summed E-state index contributed by atoms with van der Waals surface area (Å²) < 4.78 is 16.8. The van der Waals surface area contributed by atoms with Crippen LogP contribution < -0.4 is 0 Å². The molecule has 9 nitrogen and oxygen atoms in total. The van der Waals surface area contributed by atoms with Crippen molar-refractivity contribution in [3.05, 3.63) is 0 Å². The Morgan fingerprint density at radius 2 is 0.259 bits per heavy atom. The summed E-state index contributed by atoms with van der Waals surface area (Å²) in [5.41, 5.74) is 0. The Labute approximate surface area is 371 Å². The van der Waals surface area contributed by atoms with Gasteiger partial charge < -0.3 is 44.8 Å². The zero-order valence-corrected chi connectivity index (χ0v) is 39.6. The number of aliphatic hydroxyl groups excluding tert-OH is 6. The van der Waals surface area contributed by atoms with Gasteiger partial charge in [-0.05, 0) is 77.0 Å². The fourth-order valence-electron chi connectivity index (χ4n) is 6.44. The minimum Gasteiger partial charge on any atom is -0.396 e. The van der Waals surface area contributed by atoms with E-state index in [0.29, 0.717) is 39.6 Å². The zero-order chi connectivity index (χ0) is 42.1. The molecule has 58 heavy (non-hydrogen) atoms. The molecule has 0 aliphatic rings. The van der Waals surface area contributed by atoms with Gasteiger partial charge in [-0.2, -0.15) is 0 Å². The first-order valence-electron chi connectivity index (χ1n) is 24.6. The number of unbranched alkanes of at least 4 members (excludes halogenated alkanes) is 30. The average Bonchev–Trinajstić information content (AvgIpc) is 3.23. The molecule has 10 heteroatoms. The summed E-state index contributed by atoms with van der Waals surface area (Å²) in [6.07, 6.45) is 42.4. The molecule has 6 N–H and O–H groups in total. The van der Waals surface area contributed by atoms with Crippen LogP contribution in [0.2, 0.25) is 0 Å². The Kier molecular flexibility index (Phi) is 77.0. The molecule has 0 aromatic heterocycles. The van der Waals surface area contributed by atoms with Gasteiger partial charge in [0, 0.05) is 96.6 Å². The largest absolute Gasteiger partial charge is 0.396 e. The maximum Gasteiger partial charge on any atom is 0.0466 e. The Balaban J connectivity index is -0.000000374. The van der Waals surface area contributed by atoms with Crippen molar-refractivity contribution in [2.24, 2.45) is 0 Å². The molecule has 0 saturated heterocycles. The Morgan fingerprint density at radius 1 is 0.155 bits per heavy atom. The summed E-state index contributed by atoms with van der Waals surface area (Å²) >= 11 is 0.